The molecule has 0 heterocycles. The minimum atomic E-state index is -0.377. The molecule has 0 radical (unpaired) electrons. The summed E-state index contributed by atoms with van der Waals surface area (Å²) in [6.07, 6.45) is 2.82. The van der Waals surface area contributed by atoms with Crippen molar-refractivity contribution >= 4 is 11.6 Å². The SMILES string of the molecule is COC(C)(C)CCC1=CC(=O)C(C(=O)CC(C)C)=C1O. The first-order valence-corrected chi connectivity index (χ1v) is 6.95. The quantitative estimate of drug-likeness (QED) is 0.728. The number of allylic oxidation sites excluding steroid dienone is 3. The molecule has 0 atom stereocenters. The van der Waals surface area contributed by atoms with Gasteiger partial charge < -0.3 is 9.84 Å². The number of carbonyl (C=O) groups is 2. The zero-order chi connectivity index (χ0) is 15.5. The van der Waals surface area contributed by atoms with Gasteiger partial charge in [-0.05, 0) is 44.3 Å². The van der Waals surface area contributed by atoms with E-state index in [-0.39, 0.29) is 40.8 Å². The molecule has 0 saturated carbocycles. The number of aliphatic hydroxyl groups excluding tert-OH is 1. The first-order chi connectivity index (χ1) is 9.18. The summed E-state index contributed by atoms with van der Waals surface area (Å²) in [7, 11) is 1.63. The lowest BCUT2D eigenvalue weighted by atomic mass is 9.97. The monoisotopic (exact) mass is 280 g/mol. The maximum Gasteiger partial charge on any atom is 0.193 e. The zero-order valence-electron chi connectivity index (χ0n) is 12.9. The van der Waals surface area contributed by atoms with Crippen molar-refractivity contribution in [3.8, 4) is 0 Å². The van der Waals surface area contributed by atoms with Gasteiger partial charge in [0.1, 0.15) is 11.3 Å². The fourth-order valence-corrected chi connectivity index (χ4v) is 2.05. The van der Waals surface area contributed by atoms with Crippen molar-refractivity contribution in [2.75, 3.05) is 7.11 Å². The minimum absolute atomic E-state index is 0.0519. The molecular formula is C16H24O4. The summed E-state index contributed by atoms with van der Waals surface area (Å²) in [6.45, 7) is 7.70. The molecule has 4 heteroatoms. The third kappa shape index (κ3) is 4.04. The van der Waals surface area contributed by atoms with Gasteiger partial charge >= 0.3 is 0 Å². The minimum Gasteiger partial charge on any atom is -0.507 e. The van der Waals surface area contributed by atoms with Crippen molar-refractivity contribution in [1.29, 1.82) is 0 Å². The van der Waals surface area contributed by atoms with Gasteiger partial charge in [-0.15, -0.1) is 0 Å². The summed E-state index contributed by atoms with van der Waals surface area (Å²) in [5.74, 6) is -0.641. The van der Waals surface area contributed by atoms with Gasteiger partial charge in [-0.2, -0.15) is 0 Å². The van der Waals surface area contributed by atoms with Crippen LogP contribution in [0.3, 0.4) is 0 Å². The molecule has 112 valence electrons. The lowest BCUT2D eigenvalue weighted by Gasteiger charge is -2.22. The third-order valence-electron chi connectivity index (χ3n) is 3.51. The van der Waals surface area contributed by atoms with Gasteiger partial charge in [0.25, 0.3) is 0 Å². The fraction of sp³-hybridized carbons (Fsp3) is 0.625. The lowest BCUT2D eigenvalue weighted by Crippen LogP contribution is -2.22. The van der Waals surface area contributed by atoms with Gasteiger partial charge in [0.15, 0.2) is 11.6 Å². The van der Waals surface area contributed by atoms with E-state index in [9.17, 15) is 14.7 Å². The van der Waals surface area contributed by atoms with Crippen LogP contribution in [0.15, 0.2) is 23.0 Å². The van der Waals surface area contributed by atoms with E-state index in [1.165, 1.54) is 6.08 Å². The van der Waals surface area contributed by atoms with Gasteiger partial charge in [-0.3, -0.25) is 9.59 Å². The number of carbonyl (C=O) groups excluding carboxylic acids is 2. The van der Waals surface area contributed by atoms with Crippen LogP contribution >= 0.6 is 0 Å². The molecule has 1 aliphatic rings. The summed E-state index contributed by atoms with van der Waals surface area (Å²) in [5.41, 5.74) is 0.158. The van der Waals surface area contributed by atoms with Crippen LogP contribution in [-0.4, -0.2) is 29.4 Å². The van der Waals surface area contributed by atoms with Gasteiger partial charge in [0, 0.05) is 13.5 Å². The second kappa shape index (κ2) is 6.35. The van der Waals surface area contributed by atoms with Crippen LogP contribution in [0.5, 0.6) is 0 Å². The van der Waals surface area contributed by atoms with Crippen LogP contribution in [0, 0.1) is 5.92 Å². The van der Waals surface area contributed by atoms with Crippen LogP contribution in [0.4, 0.5) is 0 Å². The largest absolute Gasteiger partial charge is 0.507 e. The van der Waals surface area contributed by atoms with Crippen LogP contribution < -0.4 is 0 Å². The van der Waals surface area contributed by atoms with E-state index >= 15 is 0 Å². The van der Waals surface area contributed by atoms with Gasteiger partial charge in [0.05, 0.1) is 5.60 Å². The number of aliphatic hydroxyl groups is 1. The van der Waals surface area contributed by atoms with E-state index in [0.29, 0.717) is 18.4 Å². The Morgan fingerprint density at radius 1 is 1.40 bits per heavy atom. The molecule has 0 bridgehead atoms. The highest BCUT2D eigenvalue weighted by atomic mass is 16.5. The molecule has 0 aromatic carbocycles. The third-order valence-corrected chi connectivity index (χ3v) is 3.51. The molecule has 1 aliphatic carbocycles. The highest BCUT2D eigenvalue weighted by molar-refractivity contribution is 6.27. The van der Waals surface area contributed by atoms with Crippen molar-refractivity contribution in [2.24, 2.45) is 5.92 Å². The van der Waals surface area contributed by atoms with E-state index in [4.69, 9.17) is 4.74 Å². The highest BCUT2D eigenvalue weighted by Gasteiger charge is 2.30. The summed E-state index contributed by atoms with van der Waals surface area (Å²) >= 11 is 0. The molecule has 1 N–H and O–H groups in total. The van der Waals surface area contributed by atoms with Crippen LogP contribution in [-0.2, 0) is 14.3 Å². The van der Waals surface area contributed by atoms with E-state index in [2.05, 4.69) is 0 Å². The summed E-state index contributed by atoms with van der Waals surface area (Å²) < 4.78 is 5.31. The molecule has 0 spiro atoms. The van der Waals surface area contributed by atoms with Crippen LogP contribution in [0.1, 0.15) is 47.0 Å². The molecule has 20 heavy (non-hydrogen) atoms. The normalized spacial score (nSPS) is 16.1. The van der Waals surface area contributed by atoms with E-state index < -0.39 is 0 Å². The summed E-state index contributed by atoms with van der Waals surface area (Å²) in [4.78, 5) is 23.8. The van der Waals surface area contributed by atoms with Crippen molar-refractivity contribution in [3.05, 3.63) is 23.0 Å². The summed E-state index contributed by atoms with van der Waals surface area (Å²) in [6, 6.07) is 0. The van der Waals surface area contributed by atoms with Crippen LogP contribution in [0.2, 0.25) is 0 Å². The number of methoxy groups -OCH3 is 1. The molecule has 1 rings (SSSR count). The second-order valence-electron chi connectivity index (χ2n) is 6.24. The molecular weight excluding hydrogens is 256 g/mol. The Bertz CT molecular complexity index is 467. The Hall–Kier alpha value is -1.42. The number of rotatable bonds is 7. The van der Waals surface area contributed by atoms with E-state index in [0.717, 1.165) is 0 Å². The number of ether oxygens (including phenoxy) is 1. The van der Waals surface area contributed by atoms with Crippen LogP contribution in [0.25, 0.3) is 0 Å². The second-order valence-corrected chi connectivity index (χ2v) is 6.24. The number of hydrogen-bond acceptors (Lipinski definition) is 4. The number of hydrogen-bond donors (Lipinski definition) is 1. The van der Waals surface area contributed by atoms with Crippen molar-refractivity contribution < 1.29 is 19.4 Å². The van der Waals surface area contributed by atoms with Crippen molar-refractivity contribution in [2.45, 2.75) is 52.6 Å². The predicted octanol–water partition coefficient (Wildman–Crippen LogP) is 3.13. The van der Waals surface area contributed by atoms with Gasteiger partial charge in [-0.25, -0.2) is 0 Å². The molecule has 0 fully saturated rings. The first-order valence-electron chi connectivity index (χ1n) is 6.95. The van der Waals surface area contributed by atoms with Gasteiger partial charge in [-0.1, -0.05) is 13.8 Å². The number of Topliss-reactive ketones (excluding diaryl/α,β-unsaturated/α-hetero) is 1. The topological polar surface area (TPSA) is 63.6 Å². The maximum atomic E-state index is 12.0. The fourth-order valence-electron chi connectivity index (χ4n) is 2.05. The molecule has 0 aromatic rings. The first kappa shape index (κ1) is 16.6. The Kier molecular flexibility index (Phi) is 5.28. The molecule has 4 nitrogen and oxygen atoms in total. The highest BCUT2D eigenvalue weighted by Crippen LogP contribution is 2.29. The molecule has 0 aromatic heterocycles. The van der Waals surface area contributed by atoms with Crippen molar-refractivity contribution in [1.82, 2.24) is 0 Å². The summed E-state index contributed by atoms with van der Waals surface area (Å²) in [5, 5.41) is 10.1. The van der Waals surface area contributed by atoms with Crippen molar-refractivity contribution in [3.63, 3.8) is 0 Å². The molecule has 0 unspecified atom stereocenters. The Morgan fingerprint density at radius 2 is 2.00 bits per heavy atom. The van der Waals surface area contributed by atoms with Gasteiger partial charge in [0.2, 0.25) is 0 Å². The predicted molar refractivity (Wildman–Crippen MR) is 77.5 cm³/mol. The standard InChI is InChI=1S/C16H24O4/c1-10(2)8-12(17)14-13(18)9-11(15(14)19)6-7-16(3,4)20-5/h9-10,19H,6-8H2,1-5H3. The lowest BCUT2D eigenvalue weighted by molar-refractivity contribution is -0.120. The molecule has 0 aliphatic heterocycles. The Labute approximate surface area is 120 Å². The average Bonchev–Trinajstić information content (AvgIpc) is 2.61. The van der Waals surface area contributed by atoms with E-state index in [1.54, 1.807) is 7.11 Å². The zero-order valence-corrected chi connectivity index (χ0v) is 12.9. The van der Waals surface area contributed by atoms with E-state index in [1.807, 2.05) is 27.7 Å². The molecule has 0 saturated heterocycles. The number of ketones is 2. The average molecular weight is 280 g/mol. The maximum absolute atomic E-state index is 12.0. The smallest absolute Gasteiger partial charge is 0.193 e. The molecule has 0 amide bonds. The Morgan fingerprint density at radius 3 is 2.50 bits per heavy atom. The Balaban J connectivity index is 2.81.